The SMILES string of the molecule is Cc1ccc(CNC(=O)c2ccc3c(c2)CN(C2CCN(CC(C)C)CC2)CCO3)cc1. The summed E-state index contributed by atoms with van der Waals surface area (Å²) in [5.41, 5.74) is 4.15. The summed E-state index contributed by atoms with van der Waals surface area (Å²) in [6, 6.07) is 14.7. The van der Waals surface area contributed by atoms with Crippen LogP contribution >= 0.6 is 0 Å². The average Bonchev–Trinajstić information content (AvgIpc) is 3.00. The van der Waals surface area contributed by atoms with Crippen LogP contribution in [0.25, 0.3) is 0 Å². The summed E-state index contributed by atoms with van der Waals surface area (Å²) in [7, 11) is 0. The Morgan fingerprint density at radius 1 is 1.09 bits per heavy atom. The van der Waals surface area contributed by atoms with Crippen LogP contribution in [0, 0.1) is 12.8 Å². The fourth-order valence-electron chi connectivity index (χ4n) is 4.84. The summed E-state index contributed by atoms with van der Waals surface area (Å²) in [6.45, 7) is 13.2. The van der Waals surface area contributed by atoms with Crippen LogP contribution in [0.5, 0.6) is 5.75 Å². The van der Waals surface area contributed by atoms with Crippen molar-refractivity contribution in [2.24, 2.45) is 5.92 Å². The van der Waals surface area contributed by atoms with Gasteiger partial charge in [-0.3, -0.25) is 9.69 Å². The van der Waals surface area contributed by atoms with Crippen LogP contribution in [0.3, 0.4) is 0 Å². The molecule has 0 aliphatic carbocycles. The molecule has 1 amide bonds. The number of fused-ring (bicyclic) bond motifs is 1. The largest absolute Gasteiger partial charge is 0.492 e. The number of nitrogens with zero attached hydrogens (tertiary/aromatic N) is 2. The number of piperidine rings is 1. The maximum atomic E-state index is 12.8. The van der Waals surface area contributed by atoms with E-state index in [0.29, 0.717) is 24.8 Å². The number of hydrogen-bond acceptors (Lipinski definition) is 4. The molecule has 2 aromatic carbocycles. The van der Waals surface area contributed by atoms with Crippen LogP contribution in [0.15, 0.2) is 42.5 Å². The van der Waals surface area contributed by atoms with Gasteiger partial charge in [-0.1, -0.05) is 43.7 Å². The Bertz CT molecular complexity index is 902. The van der Waals surface area contributed by atoms with Crippen LogP contribution in [-0.2, 0) is 13.1 Å². The third-order valence-corrected chi connectivity index (χ3v) is 6.60. The lowest BCUT2D eigenvalue weighted by Crippen LogP contribution is -2.46. The van der Waals surface area contributed by atoms with E-state index < -0.39 is 0 Å². The molecule has 5 nitrogen and oxygen atoms in total. The quantitative estimate of drug-likeness (QED) is 0.737. The Hall–Kier alpha value is -2.37. The Labute approximate surface area is 192 Å². The summed E-state index contributed by atoms with van der Waals surface area (Å²) in [6.07, 6.45) is 2.41. The third-order valence-electron chi connectivity index (χ3n) is 6.60. The van der Waals surface area contributed by atoms with Gasteiger partial charge in [-0.2, -0.15) is 0 Å². The molecule has 172 valence electrons. The highest BCUT2D eigenvalue weighted by atomic mass is 16.5. The Balaban J connectivity index is 1.37. The van der Waals surface area contributed by atoms with E-state index >= 15 is 0 Å². The second kappa shape index (κ2) is 10.5. The van der Waals surface area contributed by atoms with Crippen LogP contribution in [0.1, 0.15) is 53.7 Å². The number of benzene rings is 2. The van der Waals surface area contributed by atoms with Crippen molar-refractivity contribution in [2.75, 3.05) is 32.8 Å². The highest BCUT2D eigenvalue weighted by molar-refractivity contribution is 5.94. The number of ether oxygens (including phenoxy) is 1. The summed E-state index contributed by atoms with van der Waals surface area (Å²) in [5, 5.41) is 3.05. The first-order valence-corrected chi connectivity index (χ1v) is 12.0. The van der Waals surface area contributed by atoms with Gasteiger partial charge in [0.15, 0.2) is 0 Å². The van der Waals surface area contributed by atoms with Gasteiger partial charge in [0.2, 0.25) is 0 Å². The minimum Gasteiger partial charge on any atom is -0.492 e. The minimum absolute atomic E-state index is 0.0360. The van der Waals surface area contributed by atoms with Gasteiger partial charge in [0.1, 0.15) is 12.4 Å². The summed E-state index contributed by atoms with van der Waals surface area (Å²) in [5.74, 6) is 1.60. The lowest BCUT2D eigenvalue weighted by atomic mass is 10.0. The van der Waals surface area contributed by atoms with Gasteiger partial charge in [0, 0.05) is 43.3 Å². The Kier molecular flexibility index (Phi) is 7.48. The minimum atomic E-state index is -0.0360. The van der Waals surface area contributed by atoms with Crippen molar-refractivity contribution in [1.82, 2.24) is 15.1 Å². The highest BCUT2D eigenvalue weighted by Gasteiger charge is 2.27. The van der Waals surface area contributed by atoms with Gasteiger partial charge in [-0.05, 0) is 62.5 Å². The van der Waals surface area contributed by atoms with Crippen LogP contribution in [-0.4, -0.2) is 54.5 Å². The van der Waals surface area contributed by atoms with Gasteiger partial charge < -0.3 is 15.0 Å². The Morgan fingerprint density at radius 3 is 2.56 bits per heavy atom. The molecule has 0 saturated carbocycles. The molecule has 0 radical (unpaired) electrons. The molecule has 0 unspecified atom stereocenters. The van der Waals surface area contributed by atoms with Gasteiger partial charge in [0.25, 0.3) is 5.91 Å². The topological polar surface area (TPSA) is 44.8 Å². The zero-order valence-electron chi connectivity index (χ0n) is 19.8. The number of aryl methyl sites for hydroxylation is 1. The molecule has 0 aromatic heterocycles. The molecular weight excluding hydrogens is 398 g/mol. The molecule has 4 rings (SSSR count). The first kappa shape index (κ1) is 22.8. The maximum absolute atomic E-state index is 12.8. The lowest BCUT2D eigenvalue weighted by Gasteiger charge is -2.38. The molecule has 2 heterocycles. The monoisotopic (exact) mass is 435 g/mol. The summed E-state index contributed by atoms with van der Waals surface area (Å²) >= 11 is 0. The Morgan fingerprint density at radius 2 is 1.84 bits per heavy atom. The molecule has 2 aliphatic heterocycles. The van der Waals surface area contributed by atoms with Crippen LogP contribution in [0.2, 0.25) is 0 Å². The van der Waals surface area contributed by atoms with Crippen molar-refractivity contribution in [2.45, 2.75) is 52.7 Å². The van der Waals surface area contributed by atoms with Gasteiger partial charge in [0.05, 0.1) is 0 Å². The number of likely N-dealkylation sites (tertiary alicyclic amines) is 1. The van der Waals surface area contributed by atoms with Crippen molar-refractivity contribution in [3.8, 4) is 5.75 Å². The van der Waals surface area contributed by atoms with E-state index in [1.165, 1.54) is 38.0 Å². The number of carbonyl (C=O) groups excluding carboxylic acids is 1. The highest BCUT2D eigenvalue weighted by Crippen LogP contribution is 2.28. The predicted molar refractivity (Wildman–Crippen MR) is 129 cm³/mol. The van der Waals surface area contributed by atoms with Crippen molar-refractivity contribution in [3.05, 3.63) is 64.7 Å². The van der Waals surface area contributed by atoms with E-state index in [2.05, 4.69) is 60.2 Å². The number of amides is 1. The number of hydrogen-bond donors (Lipinski definition) is 1. The van der Waals surface area contributed by atoms with E-state index in [4.69, 9.17) is 4.74 Å². The molecular formula is C27H37N3O2. The number of carbonyl (C=O) groups is 1. The fourth-order valence-corrected chi connectivity index (χ4v) is 4.84. The van der Waals surface area contributed by atoms with Crippen molar-refractivity contribution in [1.29, 1.82) is 0 Å². The van der Waals surface area contributed by atoms with Crippen LogP contribution in [0.4, 0.5) is 0 Å². The third kappa shape index (κ3) is 5.90. The standard InChI is InChI=1S/C27H37N3O2/c1-20(2)18-29-12-10-25(11-13-29)30-14-15-32-26-9-8-23(16-24(26)19-30)27(31)28-17-22-6-4-21(3)5-7-22/h4-9,16,20,25H,10-15,17-19H2,1-3H3,(H,28,31). The molecule has 0 bridgehead atoms. The summed E-state index contributed by atoms with van der Waals surface area (Å²) in [4.78, 5) is 18.0. The number of nitrogens with one attached hydrogen (secondary N) is 1. The summed E-state index contributed by atoms with van der Waals surface area (Å²) < 4.78 is 6.03. The van der Waals surface area contributed by atoms with E-state index in [-0.39, 0.29) is 5.91 Å². The second-order valence-electron chi connectivity index (χ2n) is 9.74. The fraction of sp³-hybridized carbons (Fsp3) is 0.519. The molecule has 1 saturated heterocycles. The molecule has 1 N–H and O–H groups in total. The molecule has 0 spiro atoms. The molecule has 32 heavy (non-hydrogen) atoms. The predicted octanol–water partition coefficient (Wildman–Crippen LogP) is 4.24. The first-order valence-electron chi connectivity index (χ1n) is 12.0. The molecule has 2 aromatic rings. The molecule has 1 fully saturated rings. The first-order chi connectivity index (χ1) is 15.5. The molecule has 2 aliphatic rings. The second-order valence-corrected chi connectivity index (χ2v) is 9.74. The van der Waals surface area contributed by atoms with E-state index in [1.54, 1.807) is 0 Å². The van der Waals surface area contributed by atoms with E-state index in [1.807, 2.05) is 18.2 Å². The van der Waals surface area contributed by atoms with Gasteiger partial charge in [-0.15, -0.1) is 0 Å². The van der Waals surface area contributed by atoms with Crippen molar-refractivity contribution in [3.63, 3.8) is 0 Å². The van der Waals surface area contributed by atoms with Gasteiger partial charge in [-0.25, -0.2) is 0 Å². The van der Waals surface area contributed by atoms with E-state index in [9.17, 15) is 4.79 Å². The maximum Gasteiger partial charge on any atom is 0.251 e. The van der Waals surface area contributed by atoms with Gasteiger partial charge >= 0.3 is 0 Å². The van der Waals surface area contributed by atoms with Crippen molar-refractivity contribution < 1.29 is 9.53 Å². The zero-order valence-corrected chi connectivity index (χ0v) is 19.8. The lowest BCUT2D eigenvalue weighted by molar-refractivity contribution is 0.0916. The normalized spacial score (nSPS) is 18.1. The molecule has 5 heteroatoms. The zero-order chi connectivity index (χ0) is 22.5. The number of rotatable bonds is 6. The van der Waals surface area contributed by atoms with Crippen LogP contribution < -0.4 is 10.1 Å². The smallest absolute Gasteiger partial charge is 0.251 e. The average molecular weight is 436 g/mol. The molecule has 0 atom stereocenters. The van der Waals surface area contributed by atoms with Crippen molar-refractivity contribution >= 4 is 5.91 Å². The van der Waals surface area contributed by atoms with E-state index in [0.717, 1.165) is 35.9 Å².